The quantitative estimate of drug-likeness (QED) is 0.413. The number of hydrogen-bond acceptors (Lipinski definition) is 5. The number of ketones is 1. The highest BCUT2D eigenvalue weighted by Gasteiger charge is 2.16. The van der Waals surface area contributed by atoms with E-state index in [4.69, 9.17) is 14.5 Å². The second-order valence-electron chi connectivity index (χ2n) is 7.72. The molecule has 0 atom stereocenters. The molecule has 0 unspecified atom stereocenters. The summed E-state index contributed by atoms with van der Waals surface area (Å²) in [5, 5.41) is 3.53. The molecule has 0 saturated carbocycles. The van der Waals surface area contributed by atoms with E-state index in [1.807, 2.05) is 53.1 Å². The Labute approximate surface area is 186 Å². The normalized spacial score (nSPS) is 12.5. The molecule has 2 aromatic carbocycles. The molecule has 32 heavy (non-hydrogen) atoms. The van der Waals surface area contributed by atoms with Crippen molar-refractivity contribution in [2.24, 2.45) is 0 Å². The monoisotopic (exact) mass is 425 g/mol. The maximum Gasteiger partial charge on any atom is 0.231 e. The zero-order valence-electron chi connectivity index (χ0n) is 17.7. The van der Waals surface area contributed by atoms with Crippen molar-refractivity contribution in [3.05, 3.63) is 89.8 Å². The van der Waals surface area contributed by atoms with Crippen LogP contribution in [0.3, 0.4) is 0 Å². The van der Waals surface area contributed by atoms with Crippen LogP contribution in [0.4, 0.5) is 11.5 Å². The van der Waals surface area contributed by atoms with Gasteiger partial charge in [0.25, 0.3) is 0 Å². The summed E-state index contributed by atoms with van der Waals surface area (Å²) < 4.78 is 13.0. The Morgan fingerprint density at radius 2 is 1.91 bits per heavy atom. The summed E-state index contributed by atoms with van der Waals surface area (Å²) in [5.41, 5.74) is 4.90. The second-order valence-corrected chi connectivity index (χ2v) is 7.72. The van der Waals surface area contributed by atoms with E-state index in [1.165, 1.54) is 5.56 Å². The Morgan fingerprint density at radius 3 is 2.75 bits per heavy atom. The number of pyridine rings is 1. The number of carbonyl (C=O) groups excluding carboxylic acids is 1. The molecule has 160 valence electrons. The lowest BCUT2D eigenvalue weighted by atomic mass is 10.1. The predicted molar refractivity (Wildman–Crippen MR) is 125 cm³/mol. The van der Waals surface area contributed by atoms with Crippen LogP contribution in [-0.2, 0) is 17.6 Å². The van der Waals surface area contributed by atoms with Gasteiger partial charge < -0.3 is 14.8 Å². The molecule has 4 aromatic rings. The van der Waals surface area contributed by atoms with Gasteiger partial charge in [0, 0.05) is 18.0 Å². The maximum atomic E-state index is 11.4. The van der Waals surface area contributed by atoms with Crippen molar-refractivity contribution < 1.29 is 14.3 Å². The first-order valence-electron chi connectivity index (χ1n) is 10.6. The first-order chi connectivity index (χ1) is 15.7. The van der Waals surface area contributed by atoms with Crippen molar-refractivity contribution in [3.8, 4) is 11.5 Å². The molecule has 2 aromatic heterocycles. The number of benzene rings is 2. The smallest absolute Gasteiger partial charge is 0.231 e. The Balaban J connectivity index is 1.52. The number of rotatable bonds is 7. The van der Waals surface area contributed by atoms with Crippen LogP contribution in [0.25, 0.3) is 11.7 Å². The molecular formula is C26H23N3O3. The molecule has 6 heteroatoms. The van der Waals surface area contributed by atoms with Crippen LogP contribution in [0.1, 0.15) is 23.7 Å². The molecule has 1 N–H and O–H groups in total. The number of carbonyl (C=O) groups is 1. The van der Waals surface area contributed by atoms with Crippen LogP contribution in [0.2, 0.25) is 0 Å². The molecule has 0 spiro atoms. The summed E-state index contributed by atoms with van der Waals surface area (Å²) in [4.78, 5) is 16.3. The first-order valence-corrected chi connectivity index (χ1v) is 10.6. The van der Waals surface area contributed by atoms with Crippen molar-refractivity contribution in [1.29, 1.82) is 0 Å². The number of imidazole rings is 1. The number of nitrogens with one attached hydrogen (secondary N) is 1. The predicted octanol–water partition coefficient (Wildman–Crippen LogP) is 5.19. The van der Waals surface area contributed by atoms with Crippen LogP contribution < -0.4 is 14.8 Å². The summed E-state index contributed by atoms with van der Waals surface area (Å²) in [5.74, 6) is 2.38. The molecule has 0 aliphatic carbocycles. The van der Waals surface area contributed by atoms with Crippen molar-refractivity contribution >= 4 is 29.0 Å². The summed E-state index contributed by atoms with van der Waals surface area (Å²) in [6.07, 6.45) is 7.05. The van der Waals surface area contributed by atoms with Crippen LogP contribution in [-0.4, -0.2) is 22.0 Å². The summed E-state index contributed by atoms with van der Waals surface area (Å²) in [6.45, 7) is 1.78. The lowest BCUT2D eigenvalue weighted by Crippen LogP contribution is -2.00. The fourth-order valence-electron chi connectivity index (χ4n) is 3.75. The molecule has 1 aliphatic heterocycles. The topological polar surface area (TPSA) is 64.9 Å². The van der Waals surface area contributed by atoms with Gasteiger partial charge in [-0.2, -0.15) is 0 Å². The lowest BCUT2D eigenvalue weighted by molar-refractivity contribution is -0.112. The van der Waals surface area contributed by atoms with Gasteiger partial charge in [-0.3, -0.25) is 9.20 Å². The lowest BCUT2D eigenvalue weighted by Gasteiger charge is -2.10. The summed E-state index contributed by atoms with van der Waals surface area (Å²) >= 11 is 0. The SMILES string of the molecule is CC(=O)/C=C/c1ccc2nc(CCc3ccccc3)c(Nc3ccc4c(c3)OCO4)n2c1. The van der Waals surface area contributed by atoms with E-state index < -0.39 is 0 Å². The highest BCUT2D eigenvalue weighted by Crippen LogP contribution is 2.35. The van der Waals surface area contributed by atoms with E-state index in [0.29, 0.717) is 0 Å². The Morgan fingerprint density at radius 1 is 1.06 bits per heavy atom. The van der Waals surface area contributed by atoms with Gasteiger partial charge in [-0.1, -0.05) is 30.3 Å². The maximum absolute atomic E-state index is 11.4. The van der Waals surface area contributed by atoms with Gasteiger partial charge in [0.2, 0.25) is 6.79 Å². The van der Waals surface area contributed by atoms with Gasteiger partial charge in [0.05, 0.1) is 5.69 Å². The number of aryl methyl sites for hydroxylation is 2. The van der Waals surface area contributed by atoms with Crippen molar-refractivity contribution in [3.63, 3.8) is 0 Å². The second kappa shape index (κ2) is 8.59. The van der Waals surface area contributed by atoms with Crippen LogP contribution in [0, 0.1) is 0 Å². The molecule has 0 saturated heterocycles. The minimum atomic E-state index is 0.0120. The van der Waals surface area contributed by atoms with Gasteiger partial charge in [0.1, 0.15) is 11.5 Å². The van der Waals surface area contributed by atoms with Gasteiger partial charge in [-0.25, -0.2) is 4.98 Å². The zero-order valence-corrected chi connectivity index (χ0v) is 17.7. The molecule has 0 fully saturated rings. The van der Waals surface area contributed by atoms with Gasteiger partial charge in [-0.05, 0) is 67.3 Å². The number of anilines is 2. The van der Waals surface area contributed by atoms with E-state index in [-0.39, 0.29) is 12.6 Å². The average Bonchev–Trinajstić information content (AvgIpc) is 3.41. The molecular weight excluding hydrogens is 402 g/mol. The van der Waals surface area contributed by atoms with E-state index in [9.17, 15) is 4.79 Å². The Hall–Kier alpha value is -4.06. The van der Waals surface area contributed by atoms with Crippen molar-refractivity contribution in [2.75, 3.05) is 12.1 Å². The zero-order chi connectivity index (χ0) is 21.9. The van der Waals surface area contributed by atoms with Crippen LogP contribution in [0.15, 0.2) is 72.9 Å². The number of ether oxygens (including phenoxy) is 2. The molecule has 0 amide bonds. The van der Waals surface area contributed by atoms with Gasteiger partial charge in [0.15, 0.2) is 17.3 Å². The van der Waals surface area contributed by atoms with Crippen molar-refractivity contribution in [2.45, 2.75) is 19.8 Å². The Bertz CT molecular complexity index is 1310. The number of aromatic nitrogens is 2. The number of hydrogen-bond donors (Lipinski definition) is 1. The largest absolute Gasteiger partial charge is 0.454 e. The number of fused-ring (bicyclic) bond motifs is 2. The van der Waals surface area contributed by atoms with Crippen LogP contribution >= 0.6 is 0 Å². The summed E-state index contributed by atoms with van der Waals surface area (Å²) in [7, 11) is 0. The fourth-order valence-corrected chi connectivity index (χ4v) is 3.75. The molecule has 0 bridgehead atoms. The van der Waals surface area contributed by atoms with E-state index in [2.05, 4.69) is 29.6 Å². The average molecular weight is 425 g/mol. The standard InChI is InChI=1S/C26H23N3O3/c1-18(30)7-8-20-10-14-25-28-22(12-9-19-5-3-2-4-6-19)26(29(25)16-20)27-21-11-13-23-24(15-21)32-17-31-23/h2-8,10-11,13-16,27H,9,12,17H2,1H3/b8-7+. The Kier molecular flexibility index (Phi) is 5.34. The molecule has 6 nitrogen and oxygen atoms in total. The molecule has 3 heterocycles. The van der Waals surface area contributed by atoms with E-state index in [1.54, 1.807) is 13.0 Å². The van der Waals surface area contributed by atoms with Gasteiger partial charge in [-0.15, -0.1) is 0 Å². The number of nitrogens with zero attached hydrogens (tertiary/aromatic N) is 2. The van der Waals surface area contributed by atoms with E-state index >= 15 is 0 Å². The highest BCUT2D eigenvalue weighted by atomic mass is 16.7. The van der Waals surface area contributed by atoms with Crippen LogP contribution in [0.5, 0.6) is 11.5 Å². The number of allylic oxidation sites excluding steroid dienone is 1. The summed E-state index contributed by atoms with van der Waals surface area (Å²) in [6, 6.07) is 20.1. The minimum absolute atomic E-state index is 0.0120. The molecule has 1 aliphatic rings. The third-order valence-electron chi connectivity index (χ3n) is 5.35. The molecule has 5 rings (SSSR count). The fraction of sp³-hybridized carbons (Fsp3) is 0.154. The minimum Gasteiger partial charge on any atom is -0.454 e. The van der Waals surface area contributed by atoms with Gasteiger partial charge >= 0.3 is 0 Å². The molecule has 0 radical (unpaired) electrons. The van der Waals surface area contributed by atoms with E-state index in [0.717, 1.165) is 52.8 Å². The third kappa shape index (κ3) is 4.21. The first kappa shape index (κ1) is 19.9. The highest BCUT2D eigenvalue weighted by molar-refractivity contribution is 5.91. The van der Waals surface area contributed by atoms with Crippen molar-refractivity contribution in [1.82, 2.24) is 9.38 Å². The third-order valence-corrected chi connectivity index (χ3v) is 5.35.